The van der Waals surface area contributed by atoms with Crippen molar-refractivity contribution in [2.24, 2.45) is 0 Å². The van der Waals surface area contributed by atoms with Crippen LogP contribution in [0.5, 0.6) is 5.75 Å². The minimum Gasteiger partial charge on any atom is -0.406 e. The van der Waals surface area contributed by atoms with Gasteiger partial charge >= 0.3 is 6.36 Å². The van der Waals surface area contributed by atoms with Gasteiger partial charge in [-0.3, -0.25) is 0 Å². The molecule has 4 aromatic rings. The van der Waals surface area contributed by atoms with Crippen LogP contribution in [0.15, 0.2) is 55.0 Å². The number of halogens is 4. The van der Waals surface area contributed by atoms with Gasteiger partial charge in [0.25, 0.3) is 0 Å². The SMILES string of the molecule is Cc1cn(-c2ccc(Nc3nc4c(s3)CCCC4c3ccc(OC(F)(F)F)cc3)cc2F)cn1. The van der Waals surface area contributed by atoms with Crippen LogP contribution in [-0.4, -0.2) is 20.9 Å². The third kappa shape index (κ3) is 4.77. The Kier molecular flexibility index (Phi) is 5.76. The summed E-state index contributed by atoms with van der Waals surface area (Å²) >= 11 is 1.52. The van der Waals surface area contributed by atoms with Crippen molar-refractivity contribution in [1.29, 1.82) is 0 Å². The van der Waals surface area contributed by atoms with Gasteiger partial charge in [0.2, 0.25) is 0 Å². The third-order valence-electron chi connectivity index (χ3n) is 5.66. The summed E-state index contributed by atoms with van der Waals surface area (Å²) < 4.78 is 57.6. The predicted molar refractivity (Wildman–Crippen MR) is 122 cm³/mol. The van der Waals surface area contributed by atoms with Crippen LogP contribution in [-0.2, 0) is 6.42 Å². The normalized spacial score (nSPS) is 15.7. The average molecular weight is 489 g/mol. The quantitative estimate of drug-likeness (QED) is 0.311. The first kappa shape index (κ1) is 22.4. The van der Waals surface area contributed by atoms with Gasteiger partial charge in [-0.2, -0.15) is 0 Å². The Hall–Kier alpha value is -3.40. The van der Waals surface area contributed by atoms with Gasteiger partial charge in [0.1, 0.15) is 11.6 Å². The summed E-state index contributed by atoms with van der Waals surface area (Å²) in [5.74, 6) is -0.647. The maximum Gasteiger partial charge on any atom is 0.573 e. The number of imidazole rings is 1. The van der Waals surface area contributed by atoms with Crippen molar-refractivity contribution in [3.63, 3.8) is 0 Å². The molecule has 34 heavy (non-hydrogen) atoms. The molecule has 2 aromatic carbocycles. The zero-order valence-electron chi connectivity index (χ0n) is 18.1. The van der Waals surface area contributed by atoms with E-state index in [1.165, 1.54) is 29.5 Å². The zero-order chi connectivity index (χ0) is 23.9. The molecule has 0 saturated carbocycles. The summed E-state index contributed by atoms with van der Waals surface area (Å²) in [6.45, 7) is 1.84. The second-order valence-electron chi connectivity index (χ2n) is 8.10. The second-order valence-corrected chi connectivity index (χ2v) is 9.19. The number of aryl methyl sites for hydroxylation is 2. The van der Waals surface area contributed by atoms with E-state index in [9.17, 15) is 17.6 Å². The molecule has 2 aromatic heterocycles. The number of hydrogen-bond acceptors (Lipinski definition) is 5. The maximum atomic E-state index is 14.7. The lowest BCUT2D eigenvalue weighted by Gasteiger charge is -2.21. The summed E-state index contributed by atoms with van der Waals surface area (Å²) in [5, 5.41) is 3.84. The van der Waals surface area contributed by atoms with E-state index in [0.717, 1.165) is 41.1 Å². The topological polar surface area (TPSA) is 52.0 Å². The van der Waals surface area contributed by atoms with Crippen molar-refractivity contribution in [3.8, 4) is 11.4 Å². The number of rotatable bonds is 5. The predicted octanol–water partition coefficient (Wildman–Crippen LogP) is 6.89. The van der Waals surface area contributed by atoms with Gasteiger partial charge in [-0.15, -0.1) is 24.5 Å². The molecule has 0 saturated heterocycles. The minimum absolute atomic E-state index is 0.0147. The van der Waals surface area contributed by atoms with Crippen molar-refractivity contribution in [2.45, 2.75) is 38.5 Å². The monoisotopic (exact) mass is 488 g/mol. The molecule has 2 heterocycles. The standard InChI is InChI=1S/C24H20F4N4OS/c1-14-12-32(13-29-14)20-10-7-16(11-19(20)25)30-23-31-22-18(3-2-4-21(22)34-23)15-5-8-17(9-6-15)33-24(26,27)28/h5-13,18H,2-4H2,1H3,(H,30,31). The van der Waals surface area contributed by atoms with Crippen LogP contribution in [0.3, 0.4) is 0 Å². The Bertz CT molecular complexity index is 1310. The maximum absolute atomic E-state index is 14.7. The molecule has 0 fully saturated rings. The fourth-order valence-corrected chi connectivity index (χ4v) is 5.25. The van der Waals surface area contributed by atoms with E-state index in [-0.39, 0.29) is 17.5 Å². The molecule has 5 nitrogen and oxygen atoms in total. The number of anilines is 2. The molecule has 1 unspecified atom stereocenters. The summed E-state index contributed by atoms with van der Waals surface area (Å²) in [6, 6.07) is 10.8. The van der Waals surface area contributed by atoms with Crippen LogP contribution in [0.2, 0.25) is 0 Å². The van der Waals surface area contributed by atoms with Gasteiger partial charge < -0.3 is 14.6 Å². The Morgan fingerprint density at radius 2 is 1.94 bits per heavy atom. The van der Waals surface area contributed by atoms with Crippen LogP contribution in [0, 0.1) is 12.7 Å². The smallest absolute Gasteiger partial charge is 0.406 e. The molecule has 1 aliphatic rings. The number of ether oxygens (including phenoxy) is 1. The molecule has 0 amide bonds. The number of benzene rings is 2. The van der Waals surface area contributed by atoms with Crippen molar-refractivity contribution in [1.82, 2.24) is 14.5 Å². The van der Waals surface area contributed by atoms with Gasteiger partial charge in [0, 0.05) is 22.7 Å². The number of nitrogens with zero attached hydrogens (tertiary/aromatic N) is 3. The molecule has 1 atom stereocenters. The van der Waals surface area contributed by atoms with Gasteiger partial charge in [0.15, 0.2) is 5.13 Å². The van der Waals surface area contributed by atoms with Crippen molar-refractivity contribution < 1.29 is 22.3 Å². The highest BCUT2D eigenvalue weighted by atomic mass is 32.1. The van der Waals surface area contributed by atoms with E-state index in [1.54, 1.807) is 41.4 Å². The number of hydrogen-bond donors (Lipinski definition) is 1. The number of nitrogens with one attached hydrogen (secondary N) is 1. The van der Waals surface area contributed by atoms with Crippen molar-refractivity contribution in [3.05, 3.63) is 82.6 Å². The van der Waals surface area contributed by atoms with Gasteiger partial charge in [-0.25, -0.2) is 14.4 Å². The van der Waals surface area contributed by atoms with Crippen LogP contribution in [0.4, 0.5) is 28.4 Å². The first-order valence-electron chi connectivity index (χ1n) is 10.7. The van der Waals surface area contributed by atoms with Gasteiger partial charge in [-0.05, 0) is 62.1 Å². The Balaban J connectivity index is 1.35. The van der Waals surface area contributed by atoms with E-state index in [2.05, 4.69) is 15.0 Å². The molecule has 0 bridgehead atoms. The van der Waals surface area contributed by atoms with Crippen LogP contribution in [0.1, 0.15) is 40.6 Å². The molecule has 0 aliphatic heterocycles. The van der Waals surface area contributed by atoms with E-state index in [1.807, 2.05) is 6.92 Å². The first-order valence-corrected chi connectivity index (χ1v) is 11.5. The molecule has 1 aliphatic carbocycles. The lowest BCUT2D eigenvalue weighted by Crippen LogP contribution is -2.17. The zero-order valence-corrected chi connectivity index (χ0v) is 18.9. The molecule has 176 valence electrons. The molecule has 1 N–H and O–H groups in total. The summed E-state index contributed by atoms with van der Waals surface area (Å²) in [4.78, 5) is 10.0. The van der Waals surface area contributed by atoms with Crippen molar-refractivity contribution in [2.75, 3.05) is 5.32 Å². The van der Waals surface area contributed by atoms with E-state index < -0.39 is 6.36 Å². The van der Waals surface area contributed by atoms with Crippen molar-refractivity contribution >= 4 is 22.2 Å². The van der Waals surface area contributed by atoms with E-state index in [0.29, 0.717) is 16.5 Å². The Morgan fingerprint density at radius 3 is 2.62 bits per heavy atom. The lowest BCUT2D eigenvalue weighted by molar-refractivity contribution is -0.274. The van der Waals surface area contributed by atoms with Crippen LogP contribution < -0.4 is 10.1 Å². The number of aromatic nitrogens is 3. The second kappa shape index (κ2) is 8.75. The number of thiazole rings is 1. The molecule has 0 radical (unpaired) electrons. The fraction of sp³-hybridized carbons (Fsp3) is 0.250. The summed E-state index contributed by atoms with van der Waals surface area (Å²) in [7, 11) is 0. The lowest BCUT2D eigenvalue weighted by atomic mass is 9.85. The van der Waals surface area contributed by atoms with Crippen LogP contribution in [0.25, 0.3) is 5.69 Å². The fourth-order valence-electron chi connectivity index (χ4n) is 4.17. The first-order chi connectivity index (χ1) is 16.2. The van der Waals surface area contributed by atoms with E-state index >= 15 is 0 Å². The third-order valence-corrected chi connectivity index (χ3v) is 6.71. The Morgan fingerprint density at radius 1 is 1.15 bits per heavy atom. The largest absolute Gasteiger partial charge is 0.573 e. The highest BCUT2D eigenvalue weighted by molar-refractivity contribution is 7.15. The number of alkyl halides is 3. The minimum atomic E-state index is -4.72. The summed E-state index contributed by atoms with van der Waals surface area (Å²) in [5.41, 5.74) is 3.58. The van der Waals surface area contributed by atoms with Gasteiger partial charge in [-0.1, -0.05) is 12.1 Å². The van der Waals surface area contributed by atoms with Crippen LogP contribution >= 0.6 is 11.3 Å². The van der Waals surface area contributed by atoms with Gasteiger partial charge in [0.05, 0.1) is 23.4 Å². The molecule has 5 rings (SSSR count). The molecule has 0 spiro atoms. The highest BCUT2D eigenvalue weighted by Crippen LogP contribution is 2.41. The molecular formula is C24H20F4N4OS. The van der Waals surface area contributed by atoms with E-state index in [4.69, 9.17) is 4.98 Å². The average Bonchev–Trinajstić information content (AvgIpc) is 3.39. The molecule has 10 heteroatoms. The highest BCUT2D eigenvalue weighted by Gasteiger charge is 2.31. The Labute approximate surface area is 197 Å². The summed E-state index contributed by atoms with van der Waals surface area (Å²) in [6.07, 6.45) is 1.29. The number of fused-ring (bicyclic) bond motifs is 1. The molecular weight excluding hydrogens is 468 g/mol.